The van der Waals surface area contributed by atoms with Crippen molar-refractivity contribution in [2.75, 3.05) is 19.6 Å². The Bertz CT molecular complexity index is 602. The number of likely N-dealkylation sites (tertiary alicyclic amines) is 2. The summed E-state index contributed by atoms with van der Waals surface area (Å²) in [6.07, 6.45) is 1.01. The van der Waals surface area contributed by atoms with Crippen LogP contribution in [0.1, 0.15) is 24.8 Å². The smallest absolute Gasteiger partial charge is 0.326 e. The van der Waals surface area contributed by atoms with E-state index in [4.69, 9.17) is 0 Å². The molecule has 0 spiro atoms. The molecule has 1 unspecified atom stereocenters. The van der Waals surface area contributed by atoms with Crippen LogP contribution in [0.4, 0.5) is 4.79 Å². The number of hydrogen-bond donors (Lipinski definition) is 3. The van der Waals surface area contributed by atoms with Crippen molar-refractivity contribution in [1.29, 1.82) is 0 Å². The Kier molecular flexibility index (Phi) is 5.55. The number of aliphatic hydroxyl groups is 1. The first-order chi connectivity index (χ1) is 12.0. The quantitative estimate of drug-likeness (QED) is 0.752. The fraction of sp³-hybridized carbons (Fsp3) is 0.556. The summed E-state index contributed by atoms with van der Waals surface area (Å²) < 4.78 is 0. The number of carbonyl (C=O) groups excluding carboxylic acids is 1. The topological polar surface area (TPSA) is 93.1 Å². The van der Waals surface area contributed by atoms with Crippen LogP contribution in [0.3, 0.4) is 0 Å². The number of hydrogen-bond acceptors (Lipinski definition) is 4. The van der Waals surface area contributed by atoms with Gasteiger partial charge in [-0.25, -0.2) is 9.59 Å². The molecule has 136 valence electrons. The third-order valence-electron chi connectivity index (χ3n) is 4.99. The highest BCUT2D eigenvalue weighted by atomic mass is 16.4. The summed E-state index contributed by atoms with van der Waals surface area (Å²) in [6, 6.07) is 9.02. The molecule has 3 rings (SSSR count). The number of amides is 2. The number of carboxylic acids is 1. The van der Waals surface area contributed by atoms with Gasteiger partial charge in [-0.3, -0.25) is 4.90 Å². The van der Waals surface area contributed by atoms with Crippen LogP contribution >= 0.6 is 0 Å². The molecule has 7 nitrogen and oxygen atoms in total. The predicted molar refractivity (Wildman–Crippen MR) is 92.0 cm³/mol. The standard InChI is InChI=1S/C18H25N3O4/c22-15-10-16(17(23)24)21(12-15)18(25)19-14-6-8-20(9-7-14)11-13-4-2-1-3-5-13/h1-5,14-16,22H,6-12H2,(H,19,25)(H,23,24)/t15?,16-/m0/s1. The molecule has 1 aromatic carbocycles. The maximum atomic E-state index is 12.4. The molecule has 1 aromatic rings. The molecule has 0 radical (unpaired) electrons. The molecule has 0 aliphatic carbocycles. The Morgan fingerprint density at radius 2 is 1.84 bits per heavy atom. The SMILES string of the molecule is O=C(O)[C@@H]1CC(O)CN1C(=O)NC1CCN(Cc2ccccc2)CC1. The molecule has 7 heteroatoms. The summed E-state index contributed by atoms with van der Waals surface area (Å²) in [5, 5.41) is 21.8. The van der Waals surface area contributed by atoms with E-state index < -0.39 is 18.1 Å². The van der Waals surface area contributed by atoms with Crippen molar-refractivity contribution in [3.63, 3.8) is 0 Å². The molecule has 2 heterocycles. The lowest BCUT2D eigenvalue weighted by molar-refractivity contribution is -0.141. The monoisotopic (exact) mass is 347 g/mol. The molecular formula is C18H25N3O4. The molecule has 0 aromatic heterocycles. The van der Waals surface area contributed by atoms with Gasteiger partial charge in [0.15, 0.2) is 0 Å². The van der Waals surface area contributed by atoms with Crippen LogP contribution < -0.4 is 5.32 Å². The number of urea groups is 1. The van der Waals surface area contributed by atoms with Gasteiger partial charge in [0.2, 0.25) is 0 Å². The van der Waals surface area contributed by atoms with E-state index in [9.17, 15) is 19.8 Å². The molecule has 25 heavy (non-hydrogen) atoms. The van der Waals surface area contributed by atoms with Crippen LogP contribution in [-0.4, -0.2) is 69.8 Å². The van der Waals surface area contributed by atoms with Gasteiger partial charge in [0, 0.05) is 38.6 Å². The molecule has 3 N–H and O–H groups in total. The van der Waals surface area contributed by atoms with Crippen LogP contribution in [0, 0.1) is 0 Å². The molecule has 0 saturated carbocycles. The first-order valence-corrected chi connectivity index (χ1v) is 8.77. The minimum atomic E-state index is -1.07. The van der Waals surface area contributed by atoms with Crippen LogP contribution in [0.25, 0.3) is 0 Å². The van der Waals surface area contributed by atoms with Gasteiger partial charge in [-0.15, -0.1) is 0 Å². The van der Waals surface area contributed by atoms with E-state index >= 15 is 0 Å². The van der Waals surface area contributed by atoms with E-state index in [2.05, 4.69) is 22.3 Å². The molecule has 0 bridgehead atoms. The van der Waals surface area contributed by atoms with E-state index in [0.717, 1.165) is 32.5 Å². The van der Waals surface area contributed by atoms with Gasteiger partial charge < -0.3 is 20.4 Å². The number of piperidine rings is 1. The Morgan fingerprint density at radius 3 is 2.48 bits per heavy atom. The minimum absolute atomic E-state index is 0.0479. The second-order valence-corrected chi connectivity index (χ2v) is 6.88. The largest absolute Gasteiger partial charge is 0.480 e. The van der Waals surface area contributed by atoms with E-state index in [1.807, 2.05) is 18.2 Å². The first-order valence-electron chi connectivity index (χ1n) is 8.77. The first kappa shape index (κ1) is 17.7. The zero-order chi connectivity index (χ0) is 17.8. The molecule has 2 fully saturated rings. The van der Waals surface area contributed by atoms with Crippen molar-refractivity contribution in [3.05, 3.63) is 35.9 Å². The zero-order valence-corrected chi connectivity index (χ0v) is 14.2. The lowest BCUT2D eigenvalue weighted by atomic mass is 10.0. The molecule has 2 amide bonds. The van der Waals surface area contributed by atoms with E-state index in [0.29, 0.717) is 0 Å². The number of rotatable bonds is 4. The Labute approximate surface area is 147 Å². The Hall–Kier alpha value is -2.12. The maximum Gasteiger partial charge on any atom is 0.326 e. The number of aliphatic hydroxyl groups excluding tert-OH is 1. The third kappa shape index (κ3) is 4.49. The third-order valence-corrected chi connectivity index (χ3v) is 4.99. The summed E-state index contributed by atoms with van der Waals surface area (Å²) in [5.74, 6) is -1.07. The van der Waals surface area contributed by atoms with Crippen molar-refractivity contribution in [2.24, 2.45) is 0 Å². The van der Waals surface area contributed by atoms with E-state index in [1.165, 1.54) is 10.5 Å². The van der Waals surface area contributed by atoms with Gasteiger partial charge in [-0.05, 0) is 18.4 Å². The fourth-order valence-corrected chi connectivity index (χ4v) is 3.61. The summed E-state index contributed by atoms with van der Waals surface area (Å²) in [6.45, 7) is 2.77. The second-order valence-electron chi connectivity index (χ2n) is 6.88. The van der Waals surface area contributed by atoms with Crippen LogP contribution in [-0.2, 0) is 11.3 Å². The molecule has 2 aliphatic heterocycles. The number of nitrogens with zero attached hydrogens (tertiary/aromatic N) is 2. The van der Waals surface area contributed by atoms with Crippen LogP contribution in [0.2, 0.25) is 0 Å². The van der Waals surface area contributed by atoms with Crippen LogP contribution in [0.15, 0.2) is 30.3 Å². The molecule has 2 atom stereocenters. The lowest BCUT2D eigenvalue weighted by Crippen LogP contribution is -2.51. The van der Waals surface area contributed by atoms with Gasteiger partial charge >= 0.3 is 12.0 Å². The summed E-state index contributed by atoms with van der Waals surface area (Å²) in [7, 11) is 0. The number of aliphatic carboxylic acids is 1. The number of nitrogens with one attached hydrogen (secondary N) is 1. The Morgan fingerprint density at radius 1 is 1.16 bits per heavy atom. The van der Waals surface area contributed by atoms with Gasteiger partial charge in [-0.2, -0.15) is 0 Å². The number of benzene rings is 1. The summed E-state index contributed by atoms with van der Waals surface area (Å²) in [5.41, 5.74) is 1.28. The highest BCUT2D eigenvalue weighted by molar-refractivity contribution is 5.83. The number of carbonyl (C=O) groups is 2. The summed E-state index contributed by atoms with van der Waals surface area (Å²) >= 11 is 0. The van der Waals surface area contributed by atoms with Crippen molar-refractivity contribution in [2.45, 2.75) is 44.0 Å². The van der Waals surface area contributed by atoms with Gasteiger partial charge in [-0.1, -0.05) is 30.3 Å². The maximum absolute atomic E-state index is 12.4. The van der Waals surface area contributed by atoms with Crippen molar-refractivity contribution in [1.82, 2.24) is 15.1 Å². The molecule has 2 saturated heterocycles. The highest BCUT2D eigenvalue weighted by Gasteiger charge is 2.39. The average molecular weight is 347 g/mol. The zero-order valence-electron chi connectivity index (χ0n) is 14.2. The van der Waals surface area contributed by atoms with Gasteiger partial charge in [0.25, 0.3) is 0 Å². The Balaban J connectivity index is 1.47. The van der Waals surface area contributed by atoms with Gasteiger partial charge in [0.05, 0.1) is 6.10 Å². The number of carboxylic acid groups (broad SMARTS) is 1. The fourth-order valence-electron chi connectivity index (χ4n) is 3.61. The predicted octanol–water partition coefficient (Wildman–Crippen LogP) is 0.880. The molecular weight excluding hydrogens is 322 g/mol. The summed E-state index contributed by atoms with van der Waals surface area (Å²) in [4.78, 5) is 27.2. The lowest BCUT2D eigenvalue weighted by Gasteiger charge is -2.33. The van der Waals surface area contributed by atoms with E-state index in [-0.39, 0.29) is 25.0 Å². The van der Waals surface area contributed by atoms with Crippen LogP contribution in [0.5, 0.6) is 0 Å². The van der Waals surface area contributed by atoms with E-state index in [1.54, 1.807) is 0 Å². The van der Waals surface area contributed by atoms with Crippen molar-refractivity contribution >= 4 is 12.0 Å². The number of β-amino-alcohol motifs (C(OH)–C–C–N with tert-alkyl or cyclic N) is 1. The van der Waals surface area contributed by atoms with Crippen molar-refractivity contribution < 1.29 is 19.8 Å². The van der Waals surface area contributed by atoms with Gasteiger partial charge in [0.1, 0.15) is 6.04 Å². The average Bonchev–Trinajstić information content (AvgIpc) is 3.00. The van der Waals surface area contributed by atoms with Crippen molar-refractivity contribution in [3.8, 4) is 0 Å². The molecule has 2 aliphatic rings. The second kappa shape index (κ2) is 7.84. The minimum Gasteiger partial charge on any atom is -0.480 e. The normalized spacial score (nSPS) is 25.1. The highest BCUT2D eigenvalue weighted by Crippen LogP contribution is 2.19.